The molecule has 0 heterocycles. The highest BCUT2D eigenvalue weighted by Crippen LogP contribution is 2.39. The van der Waals surface area contributed by atoms with Gasteiger partial charge in [-0.25, -0.2) is 0 Å². The minimum atomic E-state index is -4.50. The first-order valence-corrected chi connectivity index (χ1v) is 6.51. The molecule has 23 heavy (non-hydrogen) atoms. The molecule has 0 saturated heterocycles. The molecule has 1 rings (SSSR count). The van der Waals surface area contributed by atoms with Crippen molar-refractivity contribution in [2.45, 2.75) is 19.2 Å². The van der Waals surface area contributed by atoms with Crippen LogP contribution in [0.4, 0.5) is 18.9 Å². The highest BCUT2D eigenvalue weighted by Gasteiger charge is 2.30. The van der Waals surface area contributed by atoms with Crippen LogP contribution in [0.1, 0.15) is 6.92 Å². The largest absolute Gasteiger partial charge is 0.493 e. The number of alkyl halides is 3. The molecule has 0 aliphatic carbocycles. The Morgan fingerprint density at radius 3 is 2.04 bits per heavy atom. The molecule has 1 amide bonds. The summed E-state index contributed by atoms with van der Waals surface area (Å²) in [6.45, 7) is -0.282. The van der Waals surface area contributed by atoms with Crippen molar-refractivity contribution >= 4 is 11.6 Å². The zero-order chi connectivity index (χ0) is 17.6. The standard InChI is InChI=1S/C14H18F3NO5/c1-8(23-7-14(15,16)17)13(19)18-9-5-10(20-2)12(22-4)11(6-9)21-3/h5-6,8H,7H2,1-4H3,(H,18,19). The van der Waals surface area contributed by atoms with Gasteiger partial charge in [0.2, 0.25) is 5.75 Å². The molecular weight excluding hydrogens is 319 g/mol. The molecule has 0 fully saturated rings. The van der Waals surface area contributed by atoms with Gasteiger partial charge in [-0.3, -0.25) is 4.79 Å². The van der Waals surface area contributed by atoms with E-state index < -0.39 is 24.8 Å². The van der Waals surface area contributed by atoms with Crippen molar-refractivity contribution < 1.29 is 36.9 Å². The topological polar surface area (TPSA) is 66.0 Å². The van der Waals surface area contributed by atoms with E-state index in [1.165, 1.54) is 40.4 Å². The van der Waals surface area contributed by atoms with Crippen LogP contribution in [0, 0.1) is 0 Å². The van der Waals surface area contributed by atoms with Crippen LogP contribution in [0.5, 0.6) is 17.2 Å². The molecular formula is C14H18F3NO5. The van der Waals surface area contributed by atoms with E-state index >= 15 is 0 Å². The smallest absolute Gasteiger partial charge is 0.411 e. The Labute approximate surface area is 131 Å². The maximum absolute atomic E-state index is 12.1. The number of anilines is 1. The zero-order valence-electron chi connectivity index (χ0n) is 13.1. The third-order valence-corrected chi connectivity index (χ3v) is 2.80. The maximum Gasteiger partial charge on any atom is 0.411 e. The van der Waals surface area contributed by atoms with Crippen LogP contribution in [0.2, 0.25) is 0 Å². The SMILES string of the molecule is COc1cc(NC(=O)C(C)OCC(F)(F)F)cc(OC)c1OC. The Morgan fingerprint density at radius 1 is 1.13 bits per heavy atom. The summed E-state index contributed by atoms with van der Waals surface area (Å²) in [4.78, 5) is 11.9. The third-order valence-electron chi connectivity index (χ3n) is 2.80. The monoisotopic (exact) mass is 337 g/mol. The molecule has 0 aromatic heterocycles. The highest BCUT2D eigenvalue weighted by molar-refractivity contribution is 5.94. The molecule has 0 spiro atoms. The summed E-state index contributed by atoms with van der Waals surface area (Å²) in [7, 11) is 4.22. The molecule has 1 atom stereocenters. The second kappa shape index (κ2) is 7.91. The molecule has 0 bridgehead atoms. The van der Waals surface area contributed by atoms with Crippen LogP contribution in [-0.2, 0) is 9.53 Å². The van der Waals surface area contributed by atoms with Gasteiger partial charge in [-0.15, -0.1) is 0 Å². The van der Waals surface area contributed by atoms with Crippen LogP contribution in [-0.4, -0.2) is 46.1 Å². The van der Waals surface area contributed by atoms with Crippen LogP contribution >= 0.6 is 0 Å². The van der Waals surface area contributed by atoms with E-state index in [4.69, 9.17) is 14.2 Å². The Bertz CT molecular complexity index is 523. The zero-order valence-corrected chi connectivity index (χ0v) is 13.1. The first-order chi connectivity index (χ1) is 10.7. The van der Waals surface area contributed by atoms with Crippen LogP contribution in [0.25, 0.3) is 0 Å². The molecule has 0 radical (unpaired) electrons. The lowest BCUT2D eigenvalue weighted by Crippen LogP contribution is -2.31. The van der Waals surface area contributed by atoms with Gasteiger partial charge in [-0.1, -0.05) is 0 Å². The molecule has 1 N–H and O–H groups in total. The molecule has 0 saturated carbocycles. The average molecular weight is 337 g/mol. The first kappa shape index (κ1) is 18.9. The number of methoxy groups -OCH3 is 3. The Kier molecular flexibility index (Phi) is 6.49. The van der Waals surface area contributed by atoms with Gasteiger partial charge in [0.05, 0.1) is 21.3 Å². The fourth-order valence-electron chi connectivity index (χ4n) is 1.69. The lowest BCUT2D eigenvalue weighted by molar-refractivity contribution is -0.184. The summed E-state index contributed by atoms with van der Waals surface area (Å²) in [5, 5.41) is 2.43. The van der Waals surface area contributed by atoms with Gasteiger partial charge >= 0.3 is 6.18 Å². The summed E-state index contributed by atoms with van der Waals surface area (Å²) in [5.41, 5.74) is 0.270. The predicted molar refractivity (Wildman–Crippen MR) is 76.2 cm³/mol. The van der Waals surface area contributed by atoms with Crippen molar-refractivity contribution in [3.8, 4) is 17.2 Å². The number of carbonyl (C=O) groups excluding carboxylic acids is 1. The number of hydrogen-bond acceptors (Lipinski definition) is 5. The van der Waals surface area contributed by atoms with Crippen molar-refractivity contribution in [2.24, 2.45) is 0 Å². The van der Waals surface area contributed by atoms with Crippen LogP contribution in [0.3, 0.4) is 0 Å². The molecule has 1 unspecified atom stereocenters. The number of amides is 1. The van der Waals surface area contributed by atoms with E-state index in [0.29, 0.717) is 17.2 Å². The van der Waals surface area contributed by atoms with E-state index in [1.54, 1.807) is 0 Å². The number of ether oxygens (including phenoxy) is 4. The molecule has 1 aromatic rings. The van der Waals surface area contributed by atoms with Crippen molar-refractivity contribution in [3.63, 3.8) is 0 Å². The maximum atomic E-state index is 12.1. The van der Waals surface area contributed by atoms with E-state index in [-0.39, 0.29) is 5.69 Å². The lowest BCUT2D eigenvalue weighted by atomic mass is 10.2. The van der Waals surface area contributed by atoms with Gasteiger partial charge < -0.3 is 24.3 Å². The summed E-state index contributed by atoms with van der Waals surface area (Å²) < 4.78 is 56.1. The summed E-state index contributed by atoms with van der Waals surface area (Å²) in [6, 6.07) is 2.91. The van der Waals surface area contributed by atoms with Gasteiger partial charge in [0.25, 0.3) is 5.91 Å². The summed E-state index contributed by atoms with van der Waals surface area (Å²) in [6.07, 6.45) is -5.78. The van der Waals surface area contributed by atoms with E-state index in [2.05, 4.69) is 10.1 Å². The van der Waals surface area contributed by atoms with E-state index in [0.717, 1.165) is 0 Å². The Morgan fingerprint density at radius 2 is 1.65 bits per heavy atom. The average Bonchev–Trinajstić information content (AvgIpc) is 2.50. The predicted octanol–water partition coefficient (Wildman–Crippen LogP) is 2.62. The number of benzene rings is 1. The number of hydrogen-bond donors (Lipinski definition) is 1. The Hall–Kier alpha value is -2.16. The van der Waals surface area contributed by atoms with Gasteiger partial charge in [-0.2, -0.15) is 13.2 Å². The fourth-order valence-corrected chi connectivity index (χ4v) is 1.69. The van der Waals surface area contributed by atoms with Crippen molar-refractivity contribution in [3.05, 3.63) is 12.1 Å². The summed E-state index contributed by atoms with van der Waals surface area (Å²) in [5.74, 6) is 0.190. The van der Waals surface area contributed by atoms with Gasteiger partial charge in [0.1, 0.15) is 12.7 Å². The number of carbonyl (C=O) groups is 1. The Balaban J connectivity index is 2.85. The second-order valence-electron chi connectivity index (χ2n) is 4.47. The highest BCUT2D eigenvalue weighted by atomic mass is 19.4. The lowest BCUT2D eigenvalue weighted by Gasteiger charge is -2.17. The molecule has 0 aliphatic rings. The normalized spacial score (nSPS) is 12.5. The van der Waals surface area contributed by atoms with Crippen molar-refractivity contribution in [1.29, 1.82) is 0 Å². The molecule has 6 nitrogen and oxygen atoms in total. The molecule has 130 valence electrons. The minimum absolute atomic E-state index is 0.270. The van der Waals surface area contributed by atoms with Gasteiger partial charge in [-0.05, 0) is 6.92 Å². The van der Waals surface area contributed by atoms with Gasteiger partial charge in [0.15, 0.2) is 11.5 Å². The van der Waals surface area contributed by atoms with Crippen LogP contribution in [0.15, 0.2) is 12.1 Å². The van der Waals surface area contributed by atoms with E-state index in [1.807, 2.05) is 0 Å². The molecule has 1 aromatic carbocycles. The number of rotatable bonds is 7. The molecule has 0 aliphatic heterocycles. The molecule has 9 heteroatoms. The van der Waals surface area contributed by atoms with E-state index in [9.17, 15) is 18.0 Å². The van der Waals surface area contributed by atoms with Gasteiger partial charge in [0, 0.05) is 17.8 Å². The van der Waals surface area contributed by atoms with Crippen LogP contribution < -0.4 is 19.5 Å². The number of nitrogens with one attached hydrogen (secondary N) is 1. The van der Waals surface area contributed by atoms with Crippen molar-refractivity contribution in [1.82, 2.24) is 0 Å². The fraction of sp³-hybridized carbons (Fsp3) is 0.500. The minimum Gasteiger partial charge on any atom is -0.493 e. The number of halogens is 3. The second-order valence-corrected chi connectivity index (χ2v) is 4.47. The van der Waals surface area contributed by atoms with Crippen molar-refractivity contribution in [2.75, 3.05) is 33.3 Å². The quantitative estimate of drug-likeness (QED) is 0.828. The summed E-state index contributed by atoms with van der Waals surface area (Å²) >= 11 is 0. The third kappa shape index (κ3) is 5.51. The first-order valence-electron chi connectivity index (χ1n) is 6.51.